The summed E-state index contributed by atoms with van der Waals surface area (Å²) in [6, 6.07) is 1.84. The van der Waals surface area contributed by atoms with Crippen LogP contribution in [0.25, 0.3) is 5.57 Å². The average molecular weight is 452 g/mol. The maximum absolute atomic E-state index is 12.1. The van der Waals surface area contributed by atoms with Crippen LogP contribution < -0.4 is 4.74 Å². The smallest absolute Gasteiger partial charge is 0.345 e. The maximum Gasteiger partial charge on any atom is 0.345 e. The molecule has 0 bridgehead atoms. The monoisotopic (exact) mass is 451 g/mol. The fraction of sp³-hybridized carbons (Fsp3) is 0.565. The Morgan fingerprint density at radius 2 is 2.03 bits per heavy atom. The summed E-state index contributed by atoms with van der Waals surface area (Å²) in [5.74, 6) is -0.623. The summed E-state index contributed by atoms with van der Waals surface area (Å²) in [6.07, 6.45) is 5.28. The van der Waals surface area contributed by atoms with Crippen molar-refractivity contribution in [3.05, 3.63) is 33.3 Å². The quantitative estimate of drug-likeness (QED) is 0.691. The third kappa shape index (κ3) is 3.65. The first-order valence-electron chi connectivity index (χ1n) is 10.6. The van der Waals surface area contributed by atoms with E-state index in [1.807, 2.05) is 13.1 Å². The average Bonchev–Trinajstić information content (AvgIpc) is 3.04. The zero-order chi connectivity index (χ0) is 21.6. The molecule has 0 saturated carbocycles. The number of carboxylic acids is 1. The summed E-state index contributed by atoms with van der Waals surface area (Å²) in [4.78, 5) is 26.3. The number of carboxylic acid groups (broad SMARTS) is 1. The van der Waals surface area contributed by atoms with Crippen molar-refractivity contribution in [3.8, 4) is 5.75 Å². The van der Waals surface area contributed by atoms with E-state index < -0.39 is 12.1 Å². The normalized spacial score (nSPS) is 25.5. The van der Waals surface area contributed by atoms with Gasteiger partial charge in [0.1, 0.15) is 10.8 Å². The van der Waals surface area contributed by atoms with Gasteiger partial charge in [0.25, 0.3) is 0 Å². The Morgan fingerprint density at radius 3 is 2.67 bits per heavy atom. The van der Waals surface area contributed by atoms with Gasteiger partial charge in [0.15, 0.2) is 11.9 Å². The topological polar surface area (TPSA) is 66.8 Å². The SMILES string of the molecule is CCC12CCC(=O)C=C1c1c(cc(OC(C(=O)O)C3CCN(C)CC3)c(Cl)c1Cl)C2. The second kappa shape index (κ2) is 8.18. The molecule has 7 heteroatoms. The number of ether oxygens (including phenoxy) is 1. The van der Waals surface area contributed by atoms with Crippen LogP contribution in [0.4, 0.5) is 0 Å². The molecule has 0 radical (unpaired) electrons. The highest BCUT2D eigenvalue weighted by molar-refractivity contribution is 6.44. The molecule has 1 N–H and O–H groups in total. The van der Waals surface area contributed by atoms with Gasteiger partial charge >= 0.3 is 5.97 Å². The predicted octanol–water partition coefficient (Wildman–Crippen LogP) is 4.87. The molecule has 1 aliphatic heterocycles. The number of fused-ring (bicyclic) bond motifs is 3. The summed E-state index contributed by atoms with van der Waals surface area (Å²) < 4.78 is 6.01. The first-order chi connectivity index (χ1) is 14.3. The third-order valence-electron chi connectivity index (χ3n) is 7.15. The number of benzene rings is 1. The van der Waals surface area contributed by atoms with E-state index in [0.717, 1.165) is 61.9 Å². The van der Waals surface area contributed by atoms with Gasteiger partial charge in [-0.25, -0.2) is 4.79 Å². The van der Waals surface area contributed by atoms with Crippen molar-refractivity contribution >= 4 is 40.5 Å². The van der Waals surface area contributed by atoms with E-state index >= 15 is 0 Å². The lowest BCUT2D eigenvalue weighted by Gasteiger charge is -2.32. The van der Waals surface area contributed by atoms with Gasteiger partial charge in [0.05, 0.1) is 5.02 Å². The van der Waals surface area contributed by atoms with Crippen LogP contribution in [0.5, 0.6) is 5.75 Å². The molecule has 162 valence electrons. The van der Waals surface area contributed by atoms with Crippen molar-refractivity contribution in [2.75, 3.05) is 20.1 Å². The molecule has 1 fully saturated rings. The number of nitrogens with zero attached hydrogens (tertiary/aromatic N) is 1. The first-order valence-corrected chi connectivity index (χ1v) is 11.4. The summed E-state index contributed by atoms with van der Waals surface area (Å²) in [6.45, 7) is 3.82. The Bertz CT molecular complexity index is 920. The van der Waals surface area contributed by atoms with Crippen molar-refractivity contribution in [3.63, 3.8) is 0 Å². The fourth-order valence-corrected chi connectivity index (χ4v) is 5.76. The summed E-state index contributed by atoms with van der Waals surface area (Å²) in [5, 5.41) is 10.4. The first kappa shape index (κ1) is 21.7. The van der Waals surface area contributed by atoms with E-state index in [0.29, 0.717) is 17.2 Å². The molecule has 30 heavy (non-hydrogen) atoms. The third-order valence-corrected chi connectivity index (χ3v) is 8.00. The van der Waals surface area contributed by atoms with Gasteiger partial charge in [0.2, 0.25) is 0 Å². The van der Waals surface area contributed by atoms with Crippen LogP contribution in [0.1, 0.15) is 50.2 Å². The van der Waals surface area contributed by atoms with Gasteiger partial charge in [-0.1, -0.05) is 30.1 Å². The van der Waals surface area contributed by atoms with E-state index in [1.54, 1.807) is 6.08 Å². The zero-order valence-corrected chi connectivity index (χ0v) is 18.9. The predicted molar refractivity (Wildman–Crippen MR) is 117 cm³/mol. The van der Waals surface area contributed by atoms with Crippen LogP contribution in [0, 0.1) is 11.3 Å². The van der Waals surface area contributed by atoms with Crippen molar-refractivity contribution in [1.82, 2.24) is 4.90 Å². The Kier molecular flexibility index (Phi) is 5.90. The highest BCUT2D eigenvalue weighted by Crippen LogP contribution is 2.57. The number of halogens is 2. The molecule has 0 amide bonds. The minimum atomic E-state index is -0.982. The van der Waals surface area contributed by atoms with Crippen molar-refractivity contribution < 1.29 is 19.4 Å². The number of hydrogen-bond acceptors (Lipinski definition) is 4. The molecule has 3 aliphatic rings. The molecule has 1 aromatic rings. The summed E-state index contributed by atoms with van der Waals surface area (Å²) in [5.41, 5.74) is 2.67. The number of allylic oxidation sites excluding steroid dienone is 2. The lowest BCUT2D eigenvalue weighted by Crippen LogP contribution is -2.42. The summed E-state index contributed by atoms with van der Waals surface area (Å²) >= 11 is 13.3. The largest absolute Gasteiger partial charge is 0.478 e. The molecule has 1 saturated heterocycles. The lowest BCUT2D eigenvalue weighted by atomic mass is 9.71. The van der Waals surface area contributed by atoms with Crippen LogP contribution >= 0.6 is 23.2 Å². The van der Waals surface area contributed by atoms with Crippen LogP contribution in [0.3, 0.4) is 0 Å². The van der Waals surface area contributed by atoms with E-state index in [9.17, 15) is 14.7 Å². The van der Waals surface area contributed by atoms with E-state index in [2.05, 4.69) is 11.8 Å². The lowest BCUT2D eigenvalue weighted by molar-refractivity contribution is -0.148. The molecule has 0 spiro atoms. The molecule has 5 nitrogen and oxygen atoms in total. The maximum atomic E-state index is 12.1. The molecule has 2 unspecified atom stereocenters. The Hall–Kier alpha value is -1.56. The number of ketones is 1. The number of likely N-dealkylation sites (tertiary alicyclic amines) is 1. The van der Waals surface area contributed by atoms with Crippen LogP contribution in [-0.2, 0) is 16.0 Å². The van der Waals surface area contributed by atoms with E-state index in [4.69, 9.17) is 27.9 Å². The zero-order valence-electron chi connectivity index (χ0n) is 17.3. The minimum Gasteiger partial charge on any atom is -0.478 e. The number of piperidine rings is 1. The number of hydrogen-bond donors (Lipinski definition) is 1. The fourth-order valence-electron chi connectivity index (χ4n) is 5.25. The van der Waals surface area contributed by atoms with Crippen LogP contribution in [-0.4, -0.2) is 48.0 Å². The van der Waals surface area contributed by atoms with E-state index in [-0.39, 0.29) is 22.1 Å². The van der Waals surface area contributed by atoms with Gasteiger partial charge < -0.3 is 14.7 Å². The second-order valence-corrected chi connectivity index (χ2v) is 9.65. The second-order valence-electron chi connectivity index (χ2n) is 8.89. The molecular formula is C23H27Cl2NO4. The Labute approximate surface area is 187 Å². The number of aliphatic carboxylic acids is 1. The van der Waals surface area contributed by atoms with Gasteiger partial charge in [0, 0.05) is 23.3 Å². The Morgan fingerprint density at radius 1 is 1.33 bits per heavy atom. The number of carbonyl (C=O) groups is 2. The molecule has 4 rings (SSSR count). The standard InChI is InChI=1S/C23H27Cl2NO4/c1-3-23-7-4-15(27)11-16(23)18-14(12-23)10-17(19(24)20(18)25)30-21(22(28)29)13-5-8-26(2)9-6-13/h10-11,13,21H,3-9,12H2,1-2H3,(H,28,29). The van der Waals surface area contributed by atoms with Crippen LogP contribution in [0.2, 0.25) is 10.0 Å². The number of carbonyl (C=O) groups excluding carboxylic acids is 1. The van der Waals surface area contributed by atoms with Gasteiger partial charge in [-0.15, -0.1) is 0 Å². The highest BCUT2D eigenvalue weighted by Gasteiger charge is 2.45. The van der Waals surface area contributed by atoms with E-state index in [1.165, 1.54) is 0 Å². The molecule has 2 atom stereocenters. The molecule has 1 aromatic carbocycles. The molecular weight excluding hydrogens is 425 g/mol. The molecule has 0 aromatic heterocycles. The van der Waals surface area contributed by atoms with Gasteiger partial charge in [-0.3, -0.25) is 4.79 Å². The van der Waals surface area contributed by atoms with Gasteiger partial charge in [-0.05, 0) is 75.5 Å². The molecule has 2 aliphatic carbocycles. The van der Waals surface area contributed by atoms with Gasteiger partial charge in [-0.2, -0.15) is 0 Å². The van der Waals surface area contributed by atoms with Crippen molar-refractivity contribution in [1.29, 1.82) is 0 Å². The summed E-state index contributed by atoms with van der Waals surface area (Å²) in [7, 11) is 2.03. The molecule has 1 heterocycles. The van der Waals surface area contributed by atoms with Crippen LogP contribution in [0.15, 0.2) is 12.1 Å². The highest BCUT2D eigenvalue weighted by atomic mass is 35.5. The minimum absolute atomic E-state index is 0.0771. The number of rotatable bonds is 5. The Balaban J connectivity index is 1.69. The van der Waals surface area contributed by atoms with Crippen molar-refractivity contribution in [2.24, 2.45) is 11.3 Å². The van der Waals surface area contributed by atoms with Crippen molar-refractivity contribution in [2.45, 2.75) is 51.6 Å².